The fraction of sp³-hybridized carbons (Fsp3) is 0.278. The normalized spacial score (nSPS) is 21.3. The average molecular weight is 380 g/mol. The Morgan fingerprint density at radius 3 is 2.23 bits per heavy atom. The first-order valence-corrected chi connectivity index (χ1v) is 9.45. The summed E-state index contributed by atoms with van der Waals surface area (Å²) < 4.78 is 49.0. The van der Waals surface area contributed by atoms with E-state index in [1.165, 1.54) is 18.2 Å². The fourth-order valence-corrected chi connectivity index (χ4v) is 3.92. The van der Waals surface area contributed by atoms with Crippen LogP contribution in [-0.4, -0.2) is 14.3 Å². The lowest BCUT2D eigenvalue weighted by Gasteiger charge is -2.06. The number of hydrogen-bond donors (Lipinski definition) is 2. The molecule has 0 saturated heterocycles. The molecule has 2 aromatic carbocycles. The monoisotopic (exact) mass is 380 g/mol. The smallest absolute Gasteiger partial charge is 0.238 e. The third-order valence-corrected chi connectivity index (χ3v) is 5.79. The predicted octanol–water partition coefficient (Wildman–Crippen LogP) is 2.99. The molecule has 138 valence electrons. The van der Waals surface area contributed by atoms with Crippen LogP contribution in [0.15, 0.2) is 47.4 Å². The number of carbonyl (C=O) groups excluding carboxylic acids is 1. The average Bonchev–Trinajstić information content (AvgIpc) is 3.13. The second-order valence-corrected chi connectivity index (χ2v) is 8.57. The summed E-state index contributed by atoms with van der Waals surface area (Å²) in [6.07, 6.45) is 0. The lowest BCUT2D eigenvalue weighted by Crippen LogP contribution is -2.17. The summed E-state index contributed by atoms with van der Waals surface area (Å²) in [4.78, 5) is 12.6. The van der Waals surface area contributed by atoms with Crippen molar-refractivity contribution in [3.8, 4) is 0 Å². The second-order valence-electron chi connectivity index (χ2n) is 7.01. The van der Waals surface area contributed by atoms with Gasteiger partial charge < -0.3 is 5.32 Å². The van der Waals surface area contributed by atoms with E-state index in [-0.39, 0.29) is 33.7 Å². The minimum atomic E-state index is -3.78. The summed E-state index contributed by atoms with van der Waals surface area (Å²) >= 11 is 0. The summed E-state index contributed by atoms with van der Waals surface area (Å²) in [6, 6.07) is 9.26. The highest BCUT2D eigenvalue weighted by Gasteiger charge is 2.62. The van der Waals surface area contributed by atoms with Gasteiger partial charge in [-0.3, -0.25) is 4.79 Å². The summed E-state index contributed by atoms with van der Waals surface area (Å²) in [7, 11) is -3.78. The van der Waals surface area contributed by atoms with Gasteiger partial charge in [-0.25, -0.2) is 22.3 Å². The molecule has 2 unspecified atom stereocenters. The summed E-state index contributed by atoms with van der Waals surface area (Å²) in [6.45, 7) is 3.83. The van der Waals surface area contributed by atoms with Gasteiger partial charge in [0.15, 0.2) is 11.6 Å². The first-order chi connectivity index (χ1) is 12.0. The first kappa shape index (κ1) is 18.5. The van der Waals surface area contributed by atoms with Crippen molar-refractivity contribution in [1.82, 2.24) is 0 Å². The third-order valence-electron chi connectivity index (χ3n) is 4.86. The van der Waals surface area contributed by atoms with E-state index in [1.54, 1.807) is 12.1 Å². The molecule has 1 saturated carbocycles. The maximum Gasteiger partial charge on any atom is 0.238 e. The molecule has 5 nitrogen and oxygen atoms in total. The standard InChI is InChI=1S/C18H18F2N2O3S/c1-18(2)15(10-3-6-12(7-4-10)26(21,24)25)16(18)17(23)22-11-5-8-13(19)14(20)9-11/h3-9,15-16H,1-2H3,(H,22,23)(H2,21,24,25). The van der Waals surface area contributed by atoms with Gasteiger partial charge in [-0.15, -0.1) is 0 Å². The van der Waals surface area contributed by atoms with Crippen LogP contribution in [0.2, 0.25) is 0 Å². The molecule has 0 radical (unpaired) electrons. The van der Waals surface area contributed by atoms with Crippen LogP contribution in [0, 0.1) is 23.0 Å². The Morgan fingerprint density at radius 1 is 1.08 bits per heavy atom. The highest BCUT2D eigenvalue weighted by Crippen LogP contribution is 2.64. The molecule has 0 aromatic heterocycles. The van der Waals surface area contributed by atoms with Crippen molar-refractivity contribution in [2.45, 2.75) is 24.7 Å². The van der Waals surface area contributed by atoms with Crippen LogP contribution in [0.3, 0.4) is 0 Å². The third kappa shape index (κ3) is 3.34. The van der Waals surface area contributed by atoms with Crippen molar-refractivity contribution >= 4 is 21.6 Å². The minimum absolute atomic E-state index is 0.00231. The van der Waals surface area contributed by atoms with Crippen molar-refractivity contribution in [3.05, 3.63) is 59.7 Å². The minimum Gasteiger partial charge on any atom is -0.326 e. The lowest BCUT2D eigenvalue weighted by atomic mass is 10.0. The zero-order valence-corrected chi connectivity index (χ0v) is 15.0. The molecule has 3 N–H and O–H groups in total. The van der Waals surface area contributed by atoms with Gasteiger partial charge in [0, 0.05) is 17.7 Å². The molecule has 26 heavy (non-hydrogen) atoms. The maximum absolute atomic E-state index is 13.3. The van der Waals surface area contributed by atoms with Crippen molar-refractivity contribution in [1.29, 1.82) is 0 Å². The zero-order valence-electron chi connectivity index (χ0n) is 14.2. The number of sulfonamides is 1. The predicted molar refractivity (Wildman–Crippen MR) is 92.8 cm³/mol. The lowest BCUT2D eigenvalue weighted by molar-refractivity contribution is -0.118. The van der Waals surface area contributed by atoms with E-state index in [9.17, 15) is 22.0 Å². The number of rotatable bonds is 4. The van der Waals surface area contributed by atoms with E-state index in [2.05, 4.69) is 5.32 Å². The van der Waals surface area contributed by atoms with Crippen molar-refractivity contribution in [2.75, 3.05) is 5.32 Å². The number of amides is 1. The van der Waals surface area contributed by atoms with Crippen LogP contribution < -0.4 is 10.5 Å². The van der Waals surface area contributed by atoms with Gasteiger partial charge >= 0.3 is 0 Å². The van der Waals surface area contributed by atoms with Crippen molar-refractivity contribution in [3.63, 3.8) is 0 Å². The fourth-order valence-electron chi connectivity index (χ4n) is 3.41. The molecule has 0 spiro atoms. The molecule has 2 aromatic rings. The Hall–Kier alpha value is -2.32. The van der Waals surface area contributed by atoms with Crippen LogP contribution in [0.4, 0.5) is 14.5 Å². The first-order valence-electron chi connectivity index (χ1n) is 7.90. The van der Waals surface area contributed by atoms with Crippen LogP contribution >= 0.6 is 0 Å². The van der Waals surface area contributed by atoms with E-state index in [0.717, 1.165) is 17.7 Å². The molecule has 8 heteroatoms. The SMILES string of the molecule is CC1(C)C(C(=O)Nc2ccc(F)c(F)c2)C1c1ccc(S(N)(=O)=O)cc1. The number of anilines is 1. The number of primary sulfonamides is 1. The quantitative estimate of drug-likeness (QED) is 0.855. The Labute approximate surface area is 150 Å². The molecule has 0 bridgehead atoms. The van der Waals surface area contributed by atoms with Gasteiger partial charge in [0.25, 0.3) is 0 Å². The van der Waals surface area contributed by atoms with Gasteiger partial charge in [0.1, 0.15) is 0 Å². The Morgan fingerprint density at radius 2 is 1.69 bits per heavy atom. The van der Waals surface area contributed by atoms with Crippen LogP contribution in [0.1, 0.15) is 25.3 Å². The second kappa shape index (κ2) is 6.14. The number of halogens is 2. The zero-order chi connectivity index (χ0) is 19.3. The Bertz CT molecular complexity index is 972. The summed E-state index contributed by atoms with van der Waals surface area (Å²) in [5.74, 6) is -2.82. The van der Waals surface area contributed by atoms with Gasteiger partial charge in [-0.2, -0.15) is 0 Å². The molecule has 3 rings (SSSR count). The van der Waals surface area contributed by atoms with E-state index >= 15 is 0 Å². The van der Waals surface area contributed by atoms with E-state index < -0.39 is 21.7 Å². The number of nitrogens with one attached hydrogen (secondary N) is 1. The Kier molecular flexibility index (Phi) is 4.36. The summed E-state index contributed by atoms with van der Waals surface area (Å²) in [5, 5.41) is 7.69. The maximum atomic E-state index is 13.3. The van der Waals surface area contributed by atoms with Crippen molar-refractivity contribution in [2.24, 2.45) is 16.5 Å². The van der Waals surface area contributed by atoms with Crippen molar-refractivity contribution < 1.29 is 22.0 Å². The van der Waals surface area contributed by atoms with Crippen LogP contribution in [0.25, 0.3) is 0 Å². The van der Waals surface area contributed by atoms with Gasteiger partial charge in [-0.1, -0.05) is 26.0 Å². The molecule has 1 aliphatic rings. The van der Waals surface area contributed by atoms with Crippen LogP contribution in [-0.2, 0) is 14.8 Å². The molecule has 1 aliphatic carbocycles. The highest BCUT2D eigenvalue weighted by molar-refractivity contribution is 7.89. The number of hydrogen-bond acceptors (Lipinski definition) is 3. The molecular formula is C18H18F2N2O3S. The van der Waals surface area contributed by atoms with E-state index in [0.29, 0.717) is 0 Å². The van der Waals surface area contributed by atoms with E-state index in [4.69, 9.17) is 5.14 Å². The number of nitrogens with two attached hydrogens (primary N) is 1. The Balaban J connectivity index is 1.78. The molecule has 2 atom stereocenters. The van der Waals surface area contributed by atoms with Gasteiger partial charge in [0.2, 0.25) is 15.9 Å². The summed E-state index contributed by atoms with van der Waals surface area (Å²) in [5.41, 5.74) is 0.638. The largest absolute Gasteiger partial charge is 0.326 e. The van der Waals surface area contributed by atoms with Crippen LogP contribution in [0.5, 0.6) is 0 Å². The number of benzene rings is 2. The topological polar surface area (TPSA) is 89.3 Å². The molecule has 1 amide bonds. The van der Waals surface area contributed by atoms with Gasteiger partial charge in [-0.05, 0) is 35.2 Å². The van der Waals surface area contributed by atoms with Gasteiger partial charge in [0.05, 0.1) is 10.8 Å². The number of carbonyl (C=O) groups is 1. The molecule has 0 aliphatic heterocycles. The highest BCUT2D eigenvalue weighted by atomic mass is 32.2. The molecule has 1 fully saturated rings. The molecular weight excluding hydrogens is 362 g/mol. The molecule has 0 heterocycles. The van der Waals surface area contributed by atoms with E-state index in [1.807, 2.05) is 13.8 Å².